The maximum atomic E-state index is 11.6. The number of primary amides is 1. The molecule has 3 unspecified atom stereocenters. The van der Waals surface area contributed by atoms with Crippen molar-refractivity contribution in [3.63, 3.8) is 0 Å². The maximum absolute atomic E-state index is 11.6. The number of fused-ring (bicyclic) bond motifs is 2. The van der Waals surface area contributed by atoms with Crippen LogP contribution in [0.1, 0.15) is 33.1 Å². The quantitative estimate of drug-likeness (QED) is 0.689. The van der Waals surface area contributed by atoms with Crippen molar-refractivity contribution in [3.05, 3.63) is 0 Å². The summed E-state index contributed by atoms with van der Waals surface area (Å²) in [5.74, 6) is 1.06. The number of likely N-dealkylation sites (N-methyl/N-ethyl adjacent to an activating group) is 1. The van der Waals surface area contributed by atoms with E-state index >= 15 is 0 Å². The Kier molecular flexibility index (Phi) is 1.94. The molecule has 14 heavy (non-hydrogen) atoms. The summed E-state index contributed by atoms with van der Waals surface area (Å²) in [6, 6.07) is 0. The molecule has 2 bridgehead atoms. The zero-order valence-corrected chi connectivity index (χ0v) is 9.26. The molecule has 1 amide bonds. The molecule has 0 aromatic rings. The predicted molar refractivity (Wildman–Crippen MR) is 55.6 cm³/mol. The first kappa shape index (κ1) is 9.97. The highest BCUT2D eigenvalue weighted by molar-refractivity contribution is 5.85. The molecule has 3 aliphatic rings. The molecule has 3 aliphatic carbocycles. The number of carbonyl (C=O) groups is 1. The average Bonchev–Trinajstić information content (AvgIpc) is 2.17. The van der Waals surface area contributed by atoms with E-state index < -0.39 is 5.54 Å². The van der Waals surface area contributed by atoms with Gasteiger partial charge in [-0.15, -0.1) is 0 Å². The first-order valence-corrected chi connectivity index (χ1v) is 5.44. The van der Waals surface area contributed by atoms with Crippen LogP contribution in [0.3, 0.4) is 0 Å². The van der Waals surface area contributed by atoms with Crippen LogP contribution in [0.4, 0.5) is 0 Å². The summed E-state index contributed by atoms with van der Waals surface area (Å²) in [4.78, 5) is 11.6. The van der Waals surface area contributed by atoms with Gasteiger partial charge in [0.25, 0.3) is 0 Å². The lowest BCUT2D eigenvalue weighted by Gasteiger charge is -2.64. The van der Waals surface area contributed by atoms with Crippen molar-refractivity contribution in [2.75, 3.05) is 7.05 Å². The fourth-order valence-corrected chi connectivity index (χ4v) is 3.64. The standard InChI is InChI=1S/C11H20N2O/c1-10(2)7-4-5-11(13-3,9(12)14)8(10)6-7/h7-8,13H,4-6H2,1-3H3,(H2,12,14). The molecule has 3 atom stereocenters. The van der Waals surface area contributed by atoms with Crippen LogP contribution >= 0.6 is 0 Å². The molecule has 3 fully saturated rings. The second kappa shape index (κ2) is 2.72. The first-order chi connectivity index (χ1) is 6.45. The highest BCUT2D eigenvalue weighted by Crippen LogP contribution is 2.62. The number of hydrogen-bond acceptors (Lipinski definition) is 2. The molecule has 80 valence electrons. The fraction of sp³-hybridized carbons (Fsp3) is 0.909. The van der Waals surface area contributed by atoms with Crippen LogP contribution in [0.25, 0.3) is 0 Å². The zero-order valence-electron chi connectivity index (χ0n) is 9.26. The Morgan fingerprint density at radius 3 is 2.43 bits per heavy atom. The third kappa shape index (κ3) is 0.937. The van der Waals surface area contributed by atoms with Crippen molar-refractivity contribution in [2.45, 2.75) is 38.6 Å². The Morgan fingerprint density at radius 2 is 2.14 bits per heavy atom. The van der Waals surface area contributed by atoms with Crippen molar-refractivity contribution in [3.8, 4) is 0 Å². The number of nitrogens with two attached hydrogens (primary N) is 1. The van der Waals surface area contributed by atoms with Gasteiger partial charge < -0.3 is 11.1 Å². The van der Waals surface area contributed by atoms with Crippen LogP contribution in [0.15, 0.2) is 0 Å². The summed E-state index contributed by atoms with van der Waals surface area (Å²) in [5, 5.41) is 3.19. The number of rotatable bonds is 2. The lowest BCUT2D eigenvalue weighted by atomic mass is 9.43. The van der Waals surface area contributed by atoms with Crippen molar-refractivity contribution in [2.24, 2.45) is 23.0 Å². The lowest BCUT2D eigenvalue weighted by molar-refractivity contribution is -0.156. The van der Waals surface area contributed by atoms with E-state index in [0.717, 1.165) is 25.2 Å². The van der Waals surface area contributed by atoms with E-state index in [1.165, 1.54) is 0 Å². The van der Waals surface area contributed by atoms with E-state index in [9.17, 15) is 4.79 Å². The third-order valence-electron chi connectivity index (χ3n) is 4.84. The Hall–Kier alpha value is -0.570. The molecule has 0 heterocycles. The van der Waals surface area contributed by atoms with E-state index in [1.807, 2.05) is 7.05 Å². The SMILES string of the molecule is CNC1(C(N)=O)CCC2CC1C2(C)C. The number of nitrogens with one attached hydrogen (secondary N) is 1. The third-order valence-corrected chi connectivity index (χ3v) is 4.84. The Bertz CT molecular complexity index is 272. The molecule has 0 radical (unpaired) electrons. The fourth-order valence-electron chi connectivity index (χ4n) is 3.64. The van der Waals surface area contributed by atoms with Crippen molar-refractivity contribution in [1.82, 2.24) is 5.32 Å². The topological polar surface area (TPSA) is 55.1 Å². The number of hydrogen-bond donors (Lipinski definition) is 2. The average molecular weight is 196 g/mol. The van der Waals surface area contributed by atoms with Gasteiger partial charge in [-0.25, -0.2) is 0 Å². The van der Waals surface area contributed by atoms with Gasteiger partial charge >= 0.3 is 0 Å². The van der Waals surface area contributed by atoms with Gasteiger partial charge in [0.2, 0.25) is 5.91 Å². The van der Waals surface area contributed by atoms with Gasteiger partial charge in [-0.3, -0.25) is 4.79 Å². The van der Waals surface area contributed by atoms with Crippen molar-refractivity contribution < 1.29 is 4.79 Å². The summed E-state index contributed by atoms with van der Waals surface area (Å²) < 4.78 is 0. The van der Waals surface area contributed by atoms with Crippen LogP contribution in [0.5, 0.6) is 0 Å². The van der Waals surface area contributed by atoms with Gasteiger partial charge in [-0.1, -0.05) is 13.8 Å². The summed E-state index contributed by atoms with van der Waals surface area (Å²) >= 11 is 0. The van der Waals surface area contributed by atoms with Gasteiger partial charge in [0.05, 0.1) is 0 Å². The van der Waals surface area contributed by atoms with E-state index in [2.05, 4.69) is 19.2 Å². The Balaban J connectivity index is 2.32. The van der Waals surface area contributed by atoms with Gasteiger partial charge in [-0.05, 0) is 43.6 Å². The molecular weight excluding hydrogens is 176 g/mol. The molecule has 0 aromatic carbocycles. The van der Waals surface area contributed by atoms with Crippen LogP contribution in [0.2, 0.25) is 0 Å². The van der Waals surface area contributed by atoms with E-state index in [0.29, 0.717) is 5.92 Å². The minimum Gasteiger partial charge on any atom is -0.368 e. The minimum atomic E-state index is -0.432. The molecular formula is C11H20N2O. The van der Waals surface area contributed by atoms with Crippen LogP contribution in [-0.2, 0) is 4.79 Å². The molecule has 3 rings (SSSR count). The second-order valence-electron chi connectivity index (χ2n) is 5.43. The highest BCUT2D eigenvalue weighted by atomic mass is 16.1. The summed E-state index contributed by atoms with van der Waals surface area (Å²) in [6.07, 6.45) is 3.21. The van der Waals surface area contributed by atoms with Gasteiger partial charge in [0.1, 0.15) is 5.54 Å². The van der Waals surface area contributed by atoms with E-state index in [4.69, 9.17) is 5.73 Å². The number of carbonyl (C=O) groups excluding carboxylic acids is 1. The smallest absolute Gasteiger partial charge is 0.238 e. The lowest BCUT2D eigenvalue weighted by Crippen LogP contribution is -2.71. The predicted octanol–water partition coefficient (Wildman–Crippen LogP) is 0.886. The van der Waals surface area contributed by atoms with E-state index in [-0.39, 0.29) is 11.3 Å². The van der Waals surface area contributed by atoms with E-state index in [1.54, 1.807) is 0 Å². The normalized spacial score (nSPS) is 44.2. The molecule has 3 nitrogen and oxygen atoms in total. The minimum absolute atomic E-state index is 0.170. The molecule has 0 saturated heterocycles. The zero-order chi connectivity index (χ0) is 10.6. The molecule has 3 heteroatoms. The first-order valence-electron chi connectivity index (χ1n) is 5.44. The Morgan fingerprint density at radius 1 is 1.50 bits per heavy atom. The Labute approximate surface area is 85.4 Å². The second-order valence-corrected chi connectivity index (χ2v) is 5.43. The highest BCUT2D eigenvalue weighted by Gasteiger charge is 2.62. The van der Waals surface area contributed by atoms with Crippen molar-refractivity contribution >= 4 is 5.91 Å². The van der Waals surface area contributed by atoms with Crippen LogP contribution in [-0.4, -0.2) is 18.5 Å². The largest absolute Gasteiger partial charge is 0.368 e. The molecule has 3 N–H and O–H groups in total. The molecule has 0 spiro atoms. The number of amides is 1. The monoisotopic (exact) mass is 196 g/mol. The van der Waals surface area contributed by atoms with Gasteiger partial charge in [0.15, 0.2) is 0 Å². The van der Waals surface area contributed by atoms with Crippen LogP contribution in [0, 0.1) is 17.3 Å². The summed E-state index contributed by atoms with van der Waals surface area (Å²) in [7, 11) is 1.86. The van der Waals surface area contributed by atoms with Crippen LogP contribution < -0.4 is 11.1 Å². The van der Waals surface area contributed by atoms with Crippen molar-refractivity contribution in [1.29, 1.82) is 0 Å². The van der Waals surface area contributed by atoms with Gasteiger partial charge in [0, 0.05) is 0 Å². The summed E-state index contributed by atoms with van der Waals surface area (Å²) in [5.41, 5.74) is 5.40. The maximum Gasteiger partial charge on any atom is 0.238 e. The molecule has 3 saturated carbocycles. The summed E-state index contributed by atoms with van der Waals surface area (Å²) in [6.45, 7) is 4.53. The van der Waals surface area contributed by atoms with Gasteiger partial charge in [-0.2, -0.15) is 0 Å². The molecule has 0 aromatic heterocycles. The molecule has 0 aliphatic heterocycles.